The van der Waals surface area contributed by atoms with Crippen LogP contribution in [0.2, 0.25) is 0 Å². The molecular formula is C8H17NO2. The van der Waals surface area contributed by atoms with E-state index in [0.717, 1.165) is 0 Å². The van der Waals surface area contributed by atoms with Crippen molar-refractivity contribution in [2.75, 3.05) is 13.6 Å². The fourth-order valence-electron chi connectivity index (χ4n) is 0.599. The predicted octanol–water partition coefficient (Wildman–Crippen LogP) is 0.626. The van der Waals surface area contributed by atoms with Crippen LogP contribution in [0, 0.1) is 0 Å². The quantitative estimate of drug-likeness (QED) is 0.656. The molecule has 0 spiro atoms. The Morgan fingerprint density at radius 3 is 2.27 bits per heavy atom. The summed E-state index contributed by atoms with van der Waals surface area (Å²) in [5.74, 6) is 0.0363. The lowest BCUT2D eigenvalue weighted by Crippen LogP contribution is -2.31. The van der Waals surface area contributed by atoms with Crippen molar-refractivity contribution in [2.45, 2.75) is 32.8 Å². The summed E-state index contributed by atoms with van der Waals surface area (Å²) in [4.78, 5) is 12.3. The molecule has 0 heterocycles. The van der Waals surface area contributed by atoms with Crippen LogP contribution in [0.25, 0.3) is 0 Å². The zero-order valence-corrected chi connectivity index (χ0v) is 7.72. The van der Waals surface area contributed by atoms with Crippen LogP contribution in [0.3, 0.4) is 0 Å². The van der Waals surface area contributed by atoms with E-state index in [4.69, 9.17) is 0 Å². The minimum absolute atomic E-state index is 0.0363. The summed E-state index contributed by atoms with van der Waals surface area (Å²) in [6.07, 6.45) is 0.614. The third-order valence-electron chi connectivity index (χ3n) is 1.60. The van der Waals surface area contributed by atoms with Crippen molar-refractivity contribution in [3.63, 3.8) is 0 Å². The maximum Gasteiger partial charge on any atom is 0.219 e. The number of hydrogen-bond donors (Lipinski definition) is 1. The van der Waals surface area contributed by atoms with E-state index in [-0.39, 0.29) is 5.91 Å². The number of aliphatic hydroxyl groups is 1. The van der Waals surface area contributed by atoms with E-state index in [2.05, 4.69) is 0 Å². The Hall–Kier alpha value is -0.570. The highest BCUT2D eigenvalue weighted by Crippen LogP contribution is 2.07. The lowest BCUT2D eigenvalue weighted by atomic mass is 10.1. The van der Waals surface area contributed by atoms with Crippen LogP contribution >= 0.6 is 0 Å². The maximum atomic E-state index is 10.7. The largest absolute Gasteiger partial charge is 0.390 e. The van der Waals surface area contributed by atoms with Crippen LogP contribution in [0.1, 0.15) is 27.2 Å². The van der Waals surface area contributed by atoms with Crippen molar-refractivity contribution >= 4 is 5.91 Å². The normalized spacial score (nSPS) is 11.4. The van der Waals surface area contributed by atoms with E-state index in [0.29, 0.717) is 13.0 Å². The third-order valence-corrected chi connectivity index (χ3v) is 1.60. The number of carbonyl (C=O) groups excluding carboxylic acids is 1. The fourth-order valence-corrected chi connectivity index (χ4v) is 0.599. The molecule has 0 atom stereocenters. The topological polar surface area (TPSA) is 40.5 Å². The summed E-state index contributed by atoms with van der Waals surface area (Å²) < 4.78 is 0. The summed E-state index contributed by atoms with van der Waals surface area (Å²) in [5.41, 5.74) is -0.677. The molecule has 0 fully saturated rings. The van der Waals surface area contributed by atoms with Crippen molar-refractivity contribution in [2.24, 2.45) is 0 Å². The monoisotopic (exact) mass is 159 g/mol. The fraction of sp³-hybridized carbons (Fsp3) is 0.875. The highest BCUT2D eigenvalue weighted by Gasteiger charge is 2.13. The van der Waals surface area contributed by atoms with Crippen LogP contribution in [0.4, 0.5) is 0 Å². The predicted molar refractivity (Wildman–Crippen MR) is 44.2 cm³/mol. The van der Waals surface area contributed by atoms with Gasteiger partial charge in [-0.15, -0.1) is 0 Å². The van der Waals surface area contributed by atoms with E-state index in [9.17, 15) is 9.90 Å². The molecule has 0 radical (unpaired) electrons. The van der Waals surface area contributed by atoms with Crippen molar-refractivity contribution in [3.8, 4) is 0 Å². The lowest BCUT2D eigenvalue weighted by Gasteiger charge is -2.21. The molecule has 0 bridgehead atoms. The summed E-state index contributed by atoms with van der Waals surface area (Å²) in [7, 11) is 1.73. The van der Waals surface area contributed by atoms with Gasteiger partial charge in [0.05, 0.1) is 5.60 Å². The van der Waals surface area contributed by atoms with Gasteiger partial charge in [-0.3, -0.25) is 4.79 Å². The van der Waals surface area contributed by atoms with Crippen molar-refractivity contribution in [1.29, 1.82) is 0 Å². The second-order valence-electron chi connectivity index (χ2n) is 3.50. The number of rotatable bonds is 3. The van der Waals surface area contributed by atoms with E-state index in [1.807, 2.05) is 0 Å². The van der Waals surface area contributed by atoms with Gasteiger partial charge in [0.2, 0.25) is 5.91 Å². The Kier molecular flexibility index (Phi) is 3.52. The van der Waals surface area contributed by atoms with Gasteiger partial charge in [-0.2, -0.15) is 0 Å². The minimum Gasteiger partial charge on any atom is -0.390 e. The van der Waals surface area contributed by atoms with Gasteiger partial charge in [0.15, 0.2) is 0 Å². The molecule has 0 aliphatic rings. The molecule has 0 unspecified atom stereocenters. The summed E-state index contributed by atoms with van der Waals surface area (Å²) in [5, 5.41) is 9.31. The van der Waals surface area contributed by atoms with Gasteiger partial charge in [-0.05, 0) is 20.3 Å². The average Bonchev–Trinajstić information content (AvgIpc) is 1.80. The summed E-state index contributed by atoms with van der Waals surface area (Å²) >= 11 is 0. The van der Waals surface area contributed by atoms with Crippen LogP contribution < -0.4 is 0 Å². The van der Waals surface area contributed by atoms with Gasteiger partial charge in [0.1, 0.15) is 0 Å². The van der Waals surface area contributed by atoms with E-state index < -0.39 is 5.60 Å². The molecule has 3 heteroatoms. The van der Waals surface area contributed by atoms with Gasteiger partial charge in [-0.25, -0.2) is 0 Å². The molecule has 1 amide bonds. The molecule has 0 aromatic rings. The molecule has 66 valence electrons. The molecule has 3 nitrogen and oxygen atoms in total. The molecule has 0 saturated carbocycles. The molecule has 1 N–H and O–H groups in total. The van der Waals surface area contributed by atoms with Gasteiger partial charge >= 0.3 is 0 Å². The Labute approximate surface area is 68.0 Å². The molecule has 0 aliphatic carbocycles. The van der Waals surface area contributed by atoms with Crippen LogP contribution in [0.5, 0.6) is 0 Å². The van der Waals surface area contributed by atoms with Gasteiger partial charge in [0, 0.05) is 20.5 Å². The lowest BCUT2D eigenvalue weighted by molar-refractivity contribution is -0.128. The minimum atomic E-state index is -0.677. The first-order valence-corrected chi connectivity index (χ1v) is 3.77. The second kappa shape index (κ2) is 3.72. The van der Waals surface area contributed by atoms with E-state index >= 15 is 0 Å². The van der Waals surface area contributed by atoms with Crippen LogP contribution in [0.15, 0.2) is 0 Å². The Morgan fingerprint density at radius 2 is 2.00 bits per heavy atom. The highest BCUT2D eigenvalue weighted by atomic mass is 16.3. The first-order chi connectivity index (χ1) is 4.83. The summed E-state index contributed by atoms with van der Waals surface area (Å²) in [6, 6.07) is 0. The van der Waals surface area contributed by atoms with Crippen molar-refractivity contribution in [3.05, 3.63) is 0 Å². The number of nitrogens with zero attached hydrogens (tertiary/aromatic N) is 1. The molecule has 0 aromatic carbocycles. The van der Waals surface area contributed by atoms with Crippen LogP contribution in [-0.2, 0) is 4.79 Å². The molecule has 0 saturated heterocycles. The number of hydrogen-bond acceptors (Lipinski definition) is 2. The molecular weight excluding hydrogens is 142 g/mol. The van der Waals surface area contributed by atoms with Gasteiger partial charge in [0.25, 0.3) is 0 Å². The molecule has 0 rings (SSSR count). The van der Waals surface area contributed by atoms with Gasteiger partial charge in [-0.1, -0.05) is 0 Å². The average molecular weight is 159 g/mol. The first kappa shape index (κ1) is 10.4. The Bertz CT molecular complexity index is 138. The third kappa shape index (κ3) is 5.85. The molecule has 0 aromatic heterocycles. The zero-order valence-electron chi connectivity index (χ0n) is 7.72. The molecule has 0 aliphatic heterocycles. The van der Waals surface area contributed by atoms with Gasteiger partial charge < -0.3 is 10.0 Å². The van der Waals surface area contributed by atoms with Crippen molar-refractivity contribution in [1.82, 2.24) is 4.90 Å². The summed E-state index contributed by atoms with van der Waals surface area (Å²) in [6.45, 7) is 5.60. The number of amides is 1. The smallest absolute Gasteiger partial charge is 0.219 e. The highest BCUT2D eigenvalue weighted by molar-refractivity contribution is 5.72. The standard InChI is InChI=1S/C8H17NO2/c1-7(10)9(4)6-5-8(2,3)11/h11H,5-6H2,1-4H3. The van der Waals surface area contributed by atoms with E-state index in [1.165, 1.54) is 6.92 Å². The van der Waals surface area contributed by atoms with Crippen molar-refractivity contribution < 1.29 is 9.90 Å². The second-order valence-corrected chi connectivity index (χ2v) is 3.50. The Morgan fingerprint density at radius 1 is 1.55 bits per heavy atom. The Balaban J connectivity index is 3.63. The maximum absolute atomic E-state index is 10.7. The molecule has 11 heavy (non-hydrogen) atoms. The SMILES string of the molecule is CC(=O)N(C)CCC(C)(C)O. The van der Waals surface area contributed by atoms with E-state index in [1.54, 1.807) is 25.8 Å². The van der Waals surface area contributed by atoms with Crippen LogP contribution in [-0.4, -0.2) is 35.1 Å². The first-order valence-electron chi connectivity index (χ1n) is 3.77. The zero-order chi connectivity index (χ0) is 9.07. The number of carbonyl (C=O) groups is 1.